The summed E-state index contributed by atoms with van der Waals surface area (Å²) >= 11 is 0. The number of hydrogen-bond donors (Lipinski definition) is 3. The third-order valence-corrected chi connectivity index (χ3v) is 3.40. The van der Waals surface area contributed by atoms with E-state index in [9.17, 15) is 22.8 Å². The molecule has 1 saturated heterocycles. The summed E-state index contributed by atoms with van der Waals surface area (Å²) in [7, 11) is 1.48. The van der Waals surface area contributed by atoms with Gasteiger partial charge in [-0.3, -0.25) is 9.59 Å². The molecule has 3 N–H and O–H groups in total. The van der Waals surface area contributed by atoms with Crippen molar-refractivity contribution in [3.05, 3.63) is 0 Å². The zero-order valence-corrected chi connectivity index (χ0v) is 11.8. The molecule has 0 spiro atoms. The monoisotopic (exact) mass is 311 g/mol. The molecular weight excluding hydrogens is 291 g/mol. The van der Waals surface area contributed by atoms with Crippen molar-refractivity contribution in [2.45, 2.75) is 19.0 Å². The molecule has 1 atom stereocenters. The minimum absolute atomic E-state index is 0.0726. The average Bonchev–Trinajstić information content (AvgIpc) is 2.89. The molecule has 21 heavy (non-hydrogen) atoms. The number of rotatable bonds is 7. The zero-order chi connectivity index (χ0) is 15.9. The van der Waals surface area contributed by atoms with Crippen LogP contribution in [0.4, 0.5) is 13.2 Å². The van der Waals surface area contributed by atoms with Gasteiger partial charge in [-0.1, -0.05) is 0 Å². The fraction of sp³-hybridized carbons (Fsp3) is 0.833. The third kappa shape index (κ3) is 4.57. The van der Waals surface area contributed by atoms with Crippen LogP contribution in [-0.2, 0) is 14.3 Å². The number of hydrogen-bond acceptors (Lipinski definition) is 4. The minimum atomic E-state index is -4.61. The van der Waals surface area contributed by atoms with Gasteiger partial charge < -0.3 is 20.7 Å². The van der Waals surface area contributed by atoms with E-state index in [1.165, 1.54) is 7.11 Å². The highest BCUT2D eigenvalue weighted by atomic mass is 19.4. The lowest BCUT2D eigenvalue weighted by atomic mass is 9.85. The smallest absolute Gasteiger partial charge is 0.383 e. The Balaban J connectivity index is 2.40. The van der Waals surface area contributed by atoms with Crippen molar-refractivity contribution < 1.29 is 27.5 Å². The number of carbonyl (C=O) groups excluding carboxylic acids is 2. The van der Waals surface area contributed by atoms with Gasteiger partial charge in [0, 0.05) is 33.2 Å². The zero-order valence-electron chi connectivity index (χ0n) is 11.8. The summed E-state index contributed by atoms with van der Waals surface area (Å²) in [6.45, 7) is 0.253. The molecule has 0 aliphatic carbocycles. The largest absolute Gasteiger partial charge is 0.404 e. The van der Waals surface area contributed by atoms with Gasteiger partial charge in [-0.25, -0.2) is 0 Å². The fourth-order valence-electron chi connectivity index (χ4n) is 2.10. The normalized spacial score (nSPS) is 22.1. The second-order valence-corrected chi connectivity index (χ2v) is 4.86. The van der Waals surface area contributed by atoms with Crippen molar-refractivity contribution in [2.24, 2.45) is 5.41 Å². The maximum absolute atomic E-state index is 13.1. The average molecular weight is 311 g/mol. The van der Waals surface area contributed by atoms with Crippen LogP contribution in [0.15, 0.2) is 0 Å². The molecule has 0 aromatic heterocycles. The van der Waals surface area contributed by atoms with Gasteiger partial charge in [0.05, 0.1) is 6.61 Å². The molecule has 122 valence electrons. The van der Waals surface area contributed by atoms with Crippen molar-refractivity contribution in [1.82, 2.24) is 16.0 Å². The first kappa shape index (κ1) is 17.7. The lowest BCUT2D eigenvalue weighted by Gasteiger charge is -2.29. The minimum Gasteiger partial charge on any atom is -0.383 e. The van der Waals surface area contributed by atoms with E-state index in [4.69, 9.17) is 4.74 Å². The molecule has 6 nitrogen and oxygen atoms in total. The number of amides is 2. The molecule has 1 rings (SSSR count). The summed E-state index contributed by atoms with van der Waals surface area (Å²) in [4.78, 5) is 23.2. The van der Waals surface area contributed by atoms with Crippen molar-refractivity contribution in [3.63, 3.8) is 0 Å². The predicted octanol–water partition coefficient (Wildman–Crippen LogP) is -0.203. The summed E-state index contributed by atoms with van der Waals surface area (Å²) in [6, 6.07) is 0. The summed E-state index contributed by atoms with van der Waals surface area (Å²) in [6.07, 6.45) is -4.97. The molecule has 1 fully saturated rings. The van der Waals surface area contributed by atoms with Gasteiger partial charge in [-0.05, 0) is 13.0 Å². The van der Waals surface area contributed by atoms with E-state index in [1.807, 2.05) is 0 Å². The maximum atomic E-state index is 13.1. The number of carbonyl (C=O) groups is 2. The highest BCUT2D eigenvalue weighted by Gasteiger charge is 2.61. The van der Waals surface area contributed by atoms with Crippen LogP contribution in [0.5, 0.6) is 0 Å². The van der Waals surface area contributed by atoms with E-state index < -0.39 is 24.0 Å². The van der Waals surface area contributed by atoms with Crippen LogP contribution in [0.2, 0.25) is 0 Å². The van der Waals surface area contributed by atoms with E-state index in [1.54, 1.807) is 0 Å². The van der Waals surface area contributed by atoms with Gasteiger partial charge >= 0.3 is 6.18 Å². The first-order valence-corrected chi connectivity index (χ1v) is 6.65. The number of halogens is 3. The van der Waals surface area contributed by atoms with Crippen LogP contribution in [0.3, 0.4) is 0 Å². The molecule has 1 aliphatic heterocycles. The summed E-state index contributed by atoms with van der Waals surface area (Å²) in [5.41, 5.74) is -2.39. The van der Waals surface area contributed by atoms with E-state index in [0.29, 0.717) is 13.2 Å². The Morgan fingerprint density at radius 1 is 1.29 bits per heavy atom. The van der Waals surface area contributed by atoms with Crippen LogP contribution in [0.1, 0.15) is 12.8 Å². The molecule has 0 saturated carbocycles. The van der Waals surface area contributed by atoms with E-state index in [2.05, 4.69) is 16.0 Å². The molecule has 0 aromatic rings. The second-order valence-electron chi connectivity index (χ2n) is 4.86. The highest BCUT2D eigenvalue weighted by Crippen LogP contribution is 2.43. The van der Waals surface area contributed by atoms with E-state index in [0.717, 1.165) is 0 Å². The Hall–Kier alpha value is -1.35. The van der Waals surface area contributed by atoms with Crippen LogP contribution in [0, 0.1) is 5.41 Å². The molecule has 1 aliphatic rings. The second kappa shape index (κ2) is 7.60. The van der Waals surface area contributed by atoms with Crippen molar-refractivity contribution in [1.29, 1.82) is 0 Å². The van der Waals surface area contributed by atoms with Gasteiger partial charge in [0.1, 0.15) is 0 Å². The van der Waals surface area contributed by atoms with Crippen LogP contribution in [-0.4, -0.2) is 57.9 Å². The first-order valence-electron chi connectivity index (χ1n) is 6.65. The van der Waals surface area contributed by atoms with Crippen LogP contribution >= 0.6 is 0 Å². The lowest BCUT2D eigenvalue weighted by Crippen LogP contribution is -2.52. The highest BCUT2D eigenvalue weighted by molar-refractivity contribution is 5.85. The molecule has 1 heterocycles. The molecular formula is C12H20F3N3O3. The van der Waals surface area contributed by atoms with Gasteiger partial charge in [0.25, 0.3) is 0 Å². The van der Waals surface area contributed by atoms with E-state index >= 15 is 0 Å². The Morgan fingerprint density at radius 3 is 2.52 bits per heavy atom. The SMILES string of the molecule is COCCNC(=O)CCNC(=O)C1(C(F)(F)F)CCNC1. The third-order valence-electron chi connectivity index (χ3n) is 3.40. The van der Waals surface area contributed by atoms with Gasteiger partial charge in [-0.2, -0.15) is 13.2 Å². The Labute approximate surface area is 120 Å². The topological polar surface area (TPSA) is 79.5 Å². The number of ether oxygens (including phenoxy) is 1. The molecule has 0 radical (unpaired) electrons. The van der Waals surface area contributed by atoms with Crippen LogP contribution < -0.4 is 16.0 Å². The molecule has 1 unspecified atom stereocenters. The van der Waals surface area contributed by atoms with Gasteiger partial charge in [0.2, 0.25) is 11.8 Å². The summed E-state index contributed by atoms with van der Waals surface area (Å²) in [5.74, 6) is -1.43. The summed E-state index contributed by atoms with van der Waals surface area (Å²) in [5, 5.41) is 7.28. The number of alkyl halides is 3. The van der Waals surface area contributed by atoms with Gasteiger partial charge in [0.15, 0.2) is 5.41 Å². The Morgan fingerprint density at radius 2 is 2.00 bits per heavy atom. The maximum Gasteiger partial charge on any atom is 0.404 e. The first-order chi connectivity index (χ1) is 9.83. The van der Waals surface area contributed by atoms with Crippen molar-refractivity contribution in [3.8, 4) is 0 Å². The molecule has 0 aromatic carbocycles. The molecule has 0 bridgehead atoms. The standard InChI is InChI=1S/C12H20F3N3O3/c1-21-7-6-17-9(19)2-4-18-10(20)11(12(13,14)15)3-5-16-8-11/h16H,2-8H2,1H3,(H,17,19)(H,18,20). The number of nitrogens with one attached hydrogen (secondary N) is 3. The van der Waals surface area contributed by atoms with Crippen molar-refractivity contribution >= 4 is 11.8 Å². The lowest BCUT2D eigenvalue weighted by molar-refractivity contribution is -0.215. The molecule has 9 heteroatoms. The van der Waals surface area contributed by atoms with Gasteiger partial charge in [-0.15, -0.1) is 0 Å². The van der Waals surface area contributed by atoms with E-state index in [-0.39, 0.29) is 31.8 Å². The van der Waals surface area contributed by atoms with Crippen molar-refractivity contribution in [2.75, 3.05) is 39.9 Å². The fourth-order valence-corrected chi connectivity index (χ4v) is 2.10. The summed E-state index contributed by atoms with van der Waals surface area (Å²) < 4.78 is 43.9. The Bertz CT molecular complexity index is 368. The predicted molar refractivity (Wildman–Crippen MR) is 68.5 cm³/mol. The van der Waals surface area contributed by atoms with Crippen LogP contribution in [0.25, 0.3) is 0 Å². The Kier molecular flexibility index (Phi) is 6.41. The quantitative estimate of drug-likeness (QED) is 0.569. The number of methoxy groups -OCH3 is 1. The molecule has 2 amide bonds.